The lowest BCUT2D eigenvalue weighted by molar-refractivity contribution is 0.0954. The van der Waals surface area contributed by atoms with Gasteiger partial charge < -0.3 is 30.5 Å². The summed E-state index contributed by atoms with van der Waals surface area (Å²) in [7, 11) is -2.32. The van der Waals surface area contributed by atoms with Gasteiger partial charge in [0.25, 0.3) is 16.0 Å². The molecule has 196 valence electrons. The van der Waals surface area contributed by atoms with Crippen molar-refractivity contribution in [1.82, 2.24) is 15.3 Å². The quantitative estimate of drug-likeness (QED) is 0.159. The van der Waals surface area contributed by atoms with Crippen molar-refractivity contribution < 1.29 is 32.7 Å². The molecule has 0 bridgehead atoms. The normalized spacial score (nSPS) is 10.8. The molecule has 36 heavy (non-hydrogen) atoms. The first-order valence-electron chi connectivity index (χ1n) is 11.0. The van der Waals surface area contributed by atoms with E-state index in [1.807, 2.05) is 24.3 Å². The second kappa shape index (κ2) is 12.7. The number of nitrogens with one attached hydrogen (secondary N) is 2. The van der Waals surface area contributed by atoms with Crippen LogP contribution in [-0.2, 0) is 10.1 Å². The molecule has 0 fully saturated rings. The minimum Gasteiger partial charge on any atom is -0.504 e. The number of aromatic nitrogens is 2. The molecule has 0 aliphatic rings. The summed E-state index contributed by atoms with van der Waals surface area (Å²) in [5.74, 6) is 0.165. The van der Waals surface area contributed by atoms with Gasteiger partial charge in [0, 0.05) is 37.1 Å². The van der Waals surface area contributed by atoms with Crippen molar-refractivity contribution in [2.24, 2.45) is 0 Å². The molecule has 0 radical (unpaired) electrons. The number of fused-ring (bicyclic) bond motifs is 1. The Bertz CT molecular complexity index is 1290. The smallest absolute Gasteiger partial charge is 0.261 e. The fraction of sp³-hybridized carbons (Fsp3) is 0.348. The number of carbonyl (C=O) groups excluding carboxylic acids is 1. The highest BCUT2D eigenvalue weighted by Gasteiger charge is 2.15. The van der Waals surface area contributed by atoms with Gasteiger partial charge in [-0.3, -0.25) is 9.35 Å². The number of nitrogens with zero attached hydrogens (tertiary/aromatic N) is 3. The lowest BCUT2D eigenvalue weighted by Gasteiger charge is -2.20. The molecule has 2 aromatic carbocycles. The zero-order chi connectivity index (χ0) is 26.9. The first-order valence-corrected chi connectivity index (χ1v) is 12.9. The van der Waals surface area contributed by atoms with E-state index in [1.165, 1.54) is 19.2 Å². The van der Waals surface area contributed by atoms with Gasteiger partial charge in [-0.2, -0.15) is 13.4 Å². The summed E-state index contributed by atoms with van der Waals surface area (Å²) in [6.45, 7) is 6.47. The lowest BCUT2D eigenvalue weighted by atomic mass is 10.1. The van der Waals surface area contributed by atoms with Crippen molar-refractivity contribution in [3.63, 3.8) is 0 Å². The number of ether oxygens (including phenoxy) is 1. The number of para-hydroxylation sites is 1. The van der Waals surface area contributed by atoms with Crippen LogP contribution in [0.4, 0.5) is 11.8 Å². The summed E-state index contributed by atoms with van der Waals surface area (Å²) in [5, 5.41) is 26.4. The molecule has 5 N–H and O–H groups in total. The molecule has 0 spiro atoms. The minimum absolute atomic E-state index is 0.0275. The van der Waals surface area contributed by atoms with E-state index in [0.717, 1.165) is 24.0 Å². The van der Waals surface area contributed by atoms with Gasteiger partial charge >= 0.3 is 0 Å². The molecular formula is C23H31N5O7S. The number of amides is 1. The maximum atomic E-state index is 12.4. The van der Waals surface area contributed by atoms with E-state index < -0.39 is 27.5 Å². The molecule has 0 atom stereocenters. The largest absolute Gasteiger partial charge is 0.504 e. The van der Waals surface area contributed by atoms with Crippen LogP contribution < -0.4 is 20.3 Å². The van der Waals surface area contributed by atoms with Crippen LogP contribution in [0.2, 0.25) is 0 Å². The van der Waals surface area contributed by atoms with E-state index >= 15 is 0 Å². The Labute approximate surface area is 209 Å². The van der Waals surface area contributed by atoms with E-state index in [2.05, 4.69) is 39.3 Å². The number of hydrogen-bond donors (Lipinski definition) is 5. The van der Waals surface area contributed by atoms with Crippen LogP contribution in [0, 0.1) is 0 Å². The monoisotopic (exact) mass is 521 g/mol. The van der Waals surface area contributed by atoms with Gasteiger partial charge in [-0.05, 0) is 38.1 Å². The zero-order valence-corrected chi connectivity index (χ0v) is 21.3. The van der Waals surface area contributed by atoms with Gasteiger partial charge in [0.2, 0.25) is 11.7 Å². The number of phenols is 2. The average Bonchev–Trinajstić information content (AvgIpc) is 2.83. The Morgan fingerprint density at radius 3 is 2.33 bits per heavy atom. The third-order valence-corrected chi connectivity index (χ3v) is 4.88. The number of carbonyl (C=O) groups is 1. The number of rotatable bonds is 9. The van der Waals surface area contributed by atoms with Crippen molar-refractivity contribution in [3.8, 4) is 17.2 Å². The number of phenolic OH excluding ortho intramolecular Hbond substituents is 2. The van der Waals surface area contributed by atoms with Crippen LogP contribution in [0.15, 0.2) is 36.4 Å². The lowest BCUT2D eigenvalue weighted by Crippen LogP contribution is -2.29. The summed E-state index contributed by atoms with van der Waals surface area (Å²) in [6.07, 6.45) is 0.715. The van der Waals surface area contributed by atoms with E-state index in [9.17, 15) is 23.4 Å². The number of benzene rings is 2. The molecule has 1 amide bonds. The highest BCUT2D eigenvalue weighted by Crippen LogP contribution is 2.36. The van der Waals surface area contributed by atoms with Crippen LogP contribution in [0.1, 0.15) is 24.2 Å². The van der Waals surface area contributed by atoms with Gasteiger partial charge in [0.1, 0.15) is 5.82 Å². The Morgan fingerprint density at radius 1 is 1.08 bits per heavy atom. The molecule has 0 unspecified atom stereocenters. The molecular weight excluding hydrogens is 490 g/mol. The van der Waals surface area contributed by atoms with Gasteiger partial charge in [-0.25, -0.2) is 4.98 Å². The standard InChI is InChI=1S/C22H27N5O4.CH4O3S/c1-4-27(5-2)22-25-16-9-7-6-8-15(16)20(26-22)23-10-11-24-21(30)14-12-17(28)19(29)18(13-14)31-3;1-5(2,3)4/h6-9,12-13,28-29H,4-5,10-11H2,1-3H3,(H,24,30)(H,23,25,26);1H3,(H,2,3,4). The van der Waals surface area contributed by atoms with Crippen LogP contribution in [0.3, 0.4) is 0 Å². The highest BCUT2D eigenvalue weighted by molar-refractivity contribution is 7.85. The van der Waals surface area contributed by atoms with Crippen LogP contribution in [0.25, 0.3) is 10.9 Å². The molecule has 1 heterocycles. The molecule has 1 aromatic heterocycles. The van der Waals surface area contributed by atoms with Crippen molar-refractivity contribution in [3.05, 3.63) is 42.0 Å². The van der Waals surface area contributed by atoms with Crippen LogP contribution in [0.5, 0.6) is 17.2 Å². The highest BCUT2D eigenvalue weighted by atomic mass is 32.2. The predicted molar refractivity (Wildman–Crippen MR) is 138 cm³/mol. The average molecular weight is 522 g/mol. The SMILES string of the molecule is CCN(CC)c1nc(NCCNC(=O)c2cc(O)c(O)c(OC)c2)c2ccccc2n1.CS(=O)(=O)O. The summed E-state index contributed by atoms with van der Waals surface area (Å²) < 4.78 is 30.8. The third-order valence-electron chi connectivity index (χ3n) is 4.88. The maximum absolute atomic E-state index is 12.4. The molecule has 0 saturated heterocycles. The van der Waals surface area contributed by atoms with Gasteiger partial charge in [-0.1, -0.05) is 12.1 Å². The van der Waals surface area contributed by atoms with E-state index in [4.69, 9.17) is 9.29 Å². The number of hydrogen-bond acceptors (Lipinski definition) is 10. The van der Waals surface area contributed by atoms with Crippen LogP contribution >= 0.6 is 0 Å². The molecule has 3 aromatic rings. The summed E-state index contributed by atoms with van der Waals surface area (Å²) in [4.78, 5) is 23.8. The Hall–Kier alpha value is -3.84. The van der Waals surface area contributed by atoms with Crippen LogP contribution in [-0.4, -0.2) is 78.6 Å². The second-order valence-electron chi connectivity index (χ2n) is 7.52. The zero-order valence-electron chi connectivity index (χ0n) is 20.5. The first-order chi connectivity index (χ1) is 17.0. The van der Waals surface area contributed by atoms with Crippen molar-refractivity contribution in [1.29, 1.82) is 0 Å². The van der Waals surface area contributed by atoms with Crippen molar-refractivity contribution >= 4 is 38.7 Å². The fourth-order valence-electron chi connectivity index (χ4n) is 3.19. The molecule has 3 rings (SSSR count). The summed E-state index contributed by atoms with van der Waals surface area (Å²) >= 11 is 0. The van der Waals surface area contributed by atoms with E-state index in [1.54, 1.807) is 0 Å². The number of aromatic hydroxyl groups is 2. The van der Waals surface area contributed by atoms with E-state index in [-0.39, 0.29) is 11.3 Å². The predicted octanol–water partition coefficient (Wildman–Crippen LogP) is 2.24. The Morgan fingerprint density at radius 2 is 1.72 bits per heavy atom. The maximum Gasteiger partial charge on any atom is 0.261 e. The number of anilines is 2. The van der Waals surface area contributed by atoms with Gasteiger partial charge in [0.15, 0.2) is 11.5 Å². The Balaban J connectivity index is 0.000000830. The molecule has 12 nitrogen and oxygen atoms in total. The van der Waals surface area contributed by atoms with Crippen molar-refractivity contribution in [2.45, 2.75) is 13.8 Å². The summed E-state index contributed by atoms with van der Waals surface area (Å²) in [5.41, 5.74) is 1.03. The minimum atomic E-state index is -3.67. The molecule has 13 heteroatoms. The fourth-order valence-corrected chi connectivity index (χ4v) is 3.19. The first kappa shape index (κ1) is 28.4. The molecule has 0 aliphatic heterocycles. The Kier molecular flexibility index (Phi) is 10.1. The second-order valence-corrected chi connectivity index (χ2v) is 8.99. The molecule has 0 aliphatic carbocycles. The molecule has 0 saturated carbocycles. The third kappa shape index (κ3) is 8.13. The van der Waals surface area contributed by atoms with Crippen molar-refractivity contribution in [2.75, 3.05) is 49.8 Å². The number of methoxy groups -OCH3 is 1. The van der Waals surface area contributed by atoms with Gasteiger partial charge in [0.05, 0.1) is 18.9 Å². The van der Waals surface area contributed by atoms with Gasteiger partial charge in [-0.15, -0.1) is 0 Å². The topological polar surface area (TPSA) is 174 Å². The van der Waals surface area contributed by atoms with E-state index in [0.29, 0.717) is 31.1 Å². The summed E-state index contributed by atoms with van der Waals surface area (Å²) in [6, 6.07) is 10.3.